The quantitative estimate of drug-likeness (QED) is 0.235. The van der Waals surface area contributed by atoms with E-state index in [0.29, 0.717) is 55.0 Å². The first kappa shape index (κ1) is 26.4. The van der Waals surface area contributed by atoms with Gasteiger partial charge in [-0.05, 0) is 54.8 Å². The average molecular weight is 574 g/mol. The van der Waals surface area contributed by atoms with Crippen LogP contribution in [0.25, 0.3) is 22.6 Å². The molecule has 1 atom stereocenters. The molecule has 3 aromatic carbocycles. The molecule has 2 aromatic heterocycles. The van der Waals surface area contributed by atoms with Crippen LogP contribution in [0.1, 0.15) is 58.1 Å². The number of fused-ring (bicyclic) bond motifs is 1. The van der Waals surface area contributed by atoms with Gasteiger partial charge in [-0.2, -0.15) is 13.2 Å². The van der Waals surface area contributed by atoms with Crippen molar-refractivity contribution < 1.29 is 26.8 Å². The molecule has 1 aliphatic heterocycles. The summed E-state index contributed by atoms with van der Waals surface area (Å²) in [5, 5.41) is 8.69. The van der Waals surface area contributed by atoms with Gasteiger partial charge in [0.05, 0.1) is 5.56 Å². The number of benzene rings is 3. The highest BCUT2D eigenvalue weighted by atomic mass is 19.4. The maximum Gasteiger partial charge on any atom is 0.416 e. The maximum absolute atomic E-state index is 13.5. The number of rotatable bonds is 6. The summed E-state index contributed by atoms with van der Waals surface area (Å²) in [6.45, 7) is 2.22. The minimum Gasteiger partial charge on any atom is -0.436 e. The number of halogens is 3. The van der Waals surface area contributed by atoms with Gasteiger partial charge in [-0.25, -0.2) is 4.98 Å². The Morgan fingerprint density at radius 2 is 1.67 bits per heavy atom. The topological polar surface area (TPSA) is 88.5 Å². The molecule has 1 unspecified atom stereocenters. The number of amides is 1. The van der Waals surface area contributed by atoms with E-state index in [9.17, 15) is 18.0 Å². The Hall–Kier alpha value is -4.51. The first-order chi connectivity index (χ1) is 20.3. The van der Waals surface area contributed by atoms with Gasteiger partial charge in [-0.15, -0.1) is 10.2 Å². The number of alkyl halides is 3. The third kappa shape index (κ3) is 5.16. The fourth-order valence-corrected chi connectivity index (χ4v) is 5.38. The second-order valence-corrected chi connectivity index (χ2v) is 10.7. The number of aromatic nitrogens is 3. The largest absolute Gasteiger partial charge is 0.436 e. The first-order valence-corrected chi connectivity index (χ1v) is 13.8. The summed E-state index contributed by atoms with van der Waals surface area (Å²) in [4.78, 5) is 21.8. The van der Waals surface area contributed by atoms with Crippen molar-refractivity contribution in [2.75, 3.05) is 26.2 Å². The zero-order valence-electron chi connectivity index (χ0n) is 22.4. The van der Waals surface area contributed by atoms with Gasteiger partial charge in [-0.3, -0.25) is 9.69 Å². The van der Waals surface area contributed by atoms with Crippen molar-refractivity contribution >= 4 is 17.0 Å². The molecule has 0 bridgehead atoms. The summed E-state index contributed by atoms with van der Waals surface area (Å²) in [7, 11) is 0. The van der Waals surface area contributed by atoms with Crippen LogP contribution in [-0.2, 0) is 6.18 Å². The number of nitrogens with zero attached hydrogens (tertiary/aromatic N) is 5. The lowest BCUT2D eigenvalue weighted by Crippen LogP contribution is -2.50. The van der Waals surface area contributed by atoms with Gasteiger partial charge in [0.15, 0.2) is 5.58 Å². The van der Waals surface area contributed by atoms with E-state index in [1.165, 1.54) is 6.07 Å². The van der Waals surface area contributed by atoms with Gasteiger partial charge in [0, 0.05) is 43.2 Å². The van der Waals surface area contributed by atoms with Gasteiger partial charge < -0.3 is 13.7 Å². The number of piperazine rings is 1. The Balaban J connectivity index is 1.08. The lowest BCUT2D eigenvalue weighted by Gasteiger charge is -2.38. The molecule has 1 saturated heterocycles. The minimum absolute atomic E-state index is 0.103. The number of oxazole rings is 1. The molecule has 1 saturated carbocycles. The van der Waals surface area contributed by atoms with E-state index in [1.54, 1.807) is 29.2 Å². The number of carbonyl (C=O) groups excluding carboxylic acids is 1. The standard InChI is InChI=1S/C31H26F3N5O3/c32-31(33,34)23-11-12-25-24(18-23)35-27(41-25)21-7-4-8-22(17-21)30(40)39-15-13-38(14-16-39)26(19-5-2-1-3-6-19)29-37-36-28(42-29)20-9-10-20/h1-8,11-12,17-18,20,26H,9-10,13-16H2. The van der Waals surface area contributed by atoms with Crippen LogP contribution in [0, 0.1) is 0 Å². The molecule has 2 fully saturated rings. The minimum atomic E-state index is -4.48. The van der Waals surface area contributed by atoms with Crippen LogP contribution < -0.4 is 0 Å². The normalized spacial score (nSPS) is 17.1. The summed E-state index contributed by atoms with van der Waals surface area (Å²) in [6, 6.07) is 19.8. The van der Waals surface area contributed by atoms with Crippen LogP contribution in [0.5, 0.6) is 0 Å². The SMILES string of the molecule is O=C(c1cccc(-c2nc3cc(C(F)(F)F)ccc3o2)c1)N1CCN(C(c2ccccc2)c2nnc(C3CC3)o2)CC1. The van der Waals surface area contributed by atoms with Crippen molar-refractivity contribution in [2.24, 2.45) is 0 Å². The van der Waals surface area contributed by atoms with Crippen LogP contribution in [0.15, 0.2) is 81.6 Å². The second-order valence-electron chi connectivity index (χ2n) is 10.7. The molecule has 0 radical (unpaired) electrons. The number of hydrogen-bond donors (Lipinski definition) is 0. The molecule has 2 aliphatic rings. The van der Waals surface area contributed by atoms with E-state index < -0.39 is 11.7 Å². The fourth-order valence-electron chi connectivity index (χ4n) is 5.38. The lowest BCUT2D eigenvalue weighted by atomic mass is 10.0. The van der Waals surface area contributed by atoms with Gasteiger partial charge in [-0.1, -0.05) is 36.4 Å². The summed E-state index contributed by atoms with van der Waals surface area (Å²) >= 11 is 0. The van der Waals surface area contributed by atoms with Crippen molar-refractivity contribution in [3.63, 3.8) is 0 Å². The maximum atomic E-state index is 13.5. The predicted molar refractivity (Wildman–Crippen MR) is 146 cm³/mol. The Bertz CT molecular complexity index is 1740. The highest BCUT2D eigenvalue weighted by Crippen LogP contribution is 2.40. The van der Waals surface area contributed by atoms with Crippen LogP contribution in [-0.4, -0.2) is 57.1 Å². The summed E-state index contributed by atoms with van der Waals surface area (Å²) < 4.78 is 51.2. The highest BCUT2D eigenvalue weighted by Gasteiger charge is 2.35. The Morgan fingerprint density at radius 1 is 0.881 bits per heavy atom. The fraction of sp³-hybridized carbons (Fsp3) is 0.290. The number of carbonyl (C=O) groups is 1. The van der Waals surface area contributed by atoms with Gasteiger partial charge in [0.2, 0.25) is 17.7 Å². The Morgan fingerprint density at radius 3 is 2.40 bits per heavy atom. The van der Waals surface area contributed by atoms with E-state index in [1.807, 2.05) is 30.3 Å². The van der Waals surface area contributed by atoms with E-state index in [-0.39, 0.29) is 28.9 Å². The third-order valence-corrected chi connectivity index (χ3v) is 7.77. The monoisotopic (exact) mass is 573 g/mol. The van der Waals surface area contributed by atoms with Crippen LogP contribution in [0.4, 0.5) is 13.2 Å². The van der Waals surface area contributed by atoms with E-state index in [2.05, 4.69) is 20.1 Å². The second kappa shape index (κ2) is 10.4. The van der Waals surface area contributed by atoms with Crippen LogP contribution in [0.2, 0.25) is 0 Å². The van der Waals surface area contributed by atoms with Crippen molar-refractivity contribution in [1.82, 2.24) is 25.0 Å². The smallest absolute Gasteiger partial charge is 0.416 e. The van der Waals surface area contributed by atoms with Gasteiger partial charge >= 0.3 is 6.18 Å². The zero-order valence-corrected chi connectivity index (χ0v) is 22.4. The molecular weight excluding hydrogens is 547 g/mol. The van der Waals surface area contributed by atoms with E-state index in [4.69, 9.17) is 8.83 Å². The molecule has 0 N–H and O–H groups in total. The molecule has 3 heterocycles. The van der Waals surface area contributed by atoms with Gasteiger partial charge in [0.25, 0.3) is 5.91 Å². The first-order valence-electron chi connectivity index (χ1n) is 13.8. The lowest BCUT2D eigenvalue weighted by molar-refractivity contribution is -0.137. The zero-order chi connectivity index (χ0) is 28.8. The molecule has 7 rings (SSSR count). The molecule has 1 aliphatic carbocycles. The Kier molecular flexibility index (Phi) is 6.53. The highest BCUT2D eigenvalue weighted by molar-refractivity contribution is 5.95. The molecule has 42 heavy (non-hydrogen) atoms. The molecular formula is C31H26F3N5O3. The predicted octanol–water partition coefficient (Wildman–Crippen LogP) is 6.32. The molecule has 11 heteroatoms. The molecule has 214 valence electrons. The van der Waals surface area contributed by atoms with E-state index in [0.717, 1.165) is 30.5 Å². The van der Waals surface area contributed by atoms with Crippen molar-refractivity contribution in [2.45, 2.75) is 31.0 Å². The van der Waals surface area contributed by atoms with Crippen molar-refractivity contribution in [3.8, 4) is 11.5 Å². The van der Waals surface area contributed by atoms with Crippen LogP contribution in [0.3, 0.4) is 0 Å². The molecule has 1 amide bonds. The van der Waals surface area contributed by atoms with Crippen LogP contribution >= 0.6 is 0 Å². The summed E-state index contributed by atoms with van der Waals surface area (Å²) in [5.74, 6) is 1.63. The summed E-state index contributed by atoms with van der Waals surface area (Å²) in [6.07, 6.45) is -2.33. The van der Waals surface area contributed by atoms with E-state index >= 15 is 0 Å². The average Bonchev–Trinajstić information content (AvgIpc) is 3.58. The van der Waals surface area contributed by atoms with Gasteiger partial charge in [0.1, 0.15) is 11.6 Å². The van der Waals surface area contributed by atoms with Crippen molar-refractivity contribution in [3.05, 3.63) is 101 Å². The van der Waals surface area contributed by atoms with Crippen molar-refractivity contribution in [1.29, 1.82) is 0 Å². The third-order valence-electron chi connectivity index (χ3n) is 7.77. The number of hydrogen-bond acceptors (Lipinski definition) is 7. The summed E-state index contributed by atoms with van der Waals surface area (Å²) in [5.41, 5.74) is 1.56. The Labute approximate surface area is 238 Å². The molecule has 0 spiro atoms. The molecule has 8 nitrogen and oxygen atoms in total. The molecule has 5 aromatic rings.